The lowest BCUT2D eigenvalue weighted by Gasteiger charge is -2.12. The first kappa shape index (κ1) is 9.15. The molecule has 1 aliphatic rings. The van der Waals surface area contributed by atoms with Crippen molar-refractivity contribution in [2.75, 3.05) is 20.1 Å². The van der Waals surface area contributed by atoms with E-state index in [1.54, 1.807) is 7.05 Å². The number of rotatable bonds is 3. The smallest absolute Gasteiger partial charge is 0.246 e. The molecule has 68 valence electrons. The van der Waals surface area contributed by atoms with Gasteiger partial charge in [0, 0.05) is 13.1 Å². The molecule has 0 saturated carbocycles. The summed E-state index contributed by atoms with van der Waals surface area (Å²) in [4.78, 5) is 23.5. The first-order chi connectivity index (χ1) is 5.66. The van der Waals surface area contributed by atoms with Crippen molar-refractivity contribution in [3.05, 3.63) is 0 Å². The average Bonchev–Trinajstić information content (AvgIpc) is 2.25. The van der Waals surface area contributed by atoms with E-state index in [1.165, 1.54) is 4.90 Å². The molecule has 0 aromatic rings. The van der Waals surface area contributed by atoms with Gasteiger partial charge in [0.15, 0.2) is 0 Å². The molecule has 5 nitrogen and oxygen atoms in total. The molecule has 0 radical (unpaired) electrons. The molecule has 1 aliphatic heterocycles. The van der Waals surface area contributed by atoms with Gasteiger partial charge in [-0.3, -0.25) is 14.5 Å². The Morgan fingerprint density at radius 3 is 2.75 bits per heavy atom. The second-order valence-electron chi connectivity index (χ2n) is 2.80. The summed E-state index contributed by atoms with van der Waals surface area (Å²) in [5.41, 5.74) is 5.40. The van der Waals surface area contributed by atoms with E-state index < -0.39 is 6.04 Å². The SMILES string of the molecule is CNCCN1C(=O)CC(N)C1=O. The summed E-state index contributed by atoms with van der Waals surface area (Å²) in [6, 6.07) is -0.616. The Kier molecular flexibility index (Phi) is 2.78. The molecule has 0 aromatic heterocycles. The van der Waals surface area contributed by atoms with Crippen molar-refractivity contribution in [1.82, 2.24) is 10.2 Å². The summed E-state index contributed by atoms with van der Waals surface area (Å²) in [6.45, 7) is 1.03. The summed E-state index contributed by atoms with van der Waals surface area (Å²) in [6.07, 6.45) is 0.155. The van der Waals surface area contributed by atoms with E-state index in [0.717, 1.165) is 0 Å². The predicted molar refractivity (Wildman–Crippen MR) is 43.2 cm³/mol. The topological polar surface area (TPSA) is 75.4 Å². The lowest BCUT2D eigenvalue weighted by molar-refractivity contribution is -0.138. The third-order valence-corrected chi connectivity index (χ3v) is 1.86. The number of carbonyl (C=O) groups excluding carboxylic acids is 2. The van der Waals surface area contributed by atoms with Crippen molar-refractivity contribution in [2.45, 2.75) is 12.5 Å². The highest BCUT2D eigenvalue weighted by Gasteiger charge is 2.35. The number of amides is 2. The van der Waals surface area contributed by atoms with Gasteiger partial charge in [0.2, 0.25) is 11.8 Å². The molecule has 0 aromatic carbocycles. The van der Waals surface area contributed by atoms with Crippen molar-refractivity contribution < 1.29 is 9.59 Å². The molecule has 1 unspecified atom stereocenters. The standard InChI is InChI=1S/C7H13N3O2/c1-9-2-3-10-6(11)4-5(8)7(10)12/h5,9H,2-4,8H2,1H3. The number of carbonyl (C=O) groups is 2. The molecule has 1 rings (SSSR count). The maximum Gasteiger partial charge on any atom is 0.246 e. The van der Waals surface area contributed by atoms with Gasteiger partial charge in [0.25, 0.3) is 0 Å². The molecule has 1 heterocycles. The highest BCUT2D eigenvalue weighted by atomic mass is 16.2. The van der Waals surface area contributed by atoms with E-state index in [-0.39, 0.29) is 18.2 Å². The van der Waals surface area contributed by atoms with Gasteiger partial charge in [-0.1, -0.05) is 0 Å². The lowest BCUT2D eigenvalue weighted by Crippen LogP contribution is -2.38. The van der Waals surface area contributed by atoms with Crippen LogP contribution in [0, 0.1) is 0 Å². The normalized spacial score (nSPS) is 23.8. The number of nitrogens with one attached hydrogen (secondary N) is 1. The van der Waals surface area contributed by atoms with Crippen LogP contribution in [0.1, 0.15) is 6.42 Å². The van der Waals surface area contributed by atoms with Gasteiger partial charge in [-0.15, -0.1) is 0 Å². The molecule has 12 heavy (non-hydrogen) atoms. The average molecular weight is 171 g/mol. The van der Waals surface area contributed by atoms with Gasteiger partial charge >= 0.3 is 0 Å². The zero-order valence-corrected chi connectivity index (χ0v) is 7.04. The van der Waals surface area contributed by atoms with Crippen LogP contribution in [0.2, 0.25) is 0 Å². The zero-order chi connectivity index (χ0) is 9.14. The molecule has 3 N–H and O–H groups in total. The maximum atomic E-state index is 11.2. The predicted octanol–water partition coefficient (Wildman–Crippen LogP) is -1.71. The monoisotopic (exact) mass is 171 g/mol. The van der Waals surface area contributed by atoms with Crippen LogP contribution < -0.4 is 11.1 Å². The van der Waals surface area contributed by atoms with Crippen LogP contribution in [0.3, 0.4) is 0 Å². The van der Waals surface area contributed by atoms with E-state index in [9.17, 15) is 9.59 Å². The van der Waals surface area contributed by atoms with Gasteiger partial charge in [-0.2, -0.15) is 0 Å². The molecule has 0 aliphatic carbocycles. The van der Waals surface area contributed by atoms with Crippen LogP contribution in [-0.4, -0.2) is 42.9 Å². The van der Waals surface area contributed by atoms with Crippen LogP contribution in [0.15, 0.2) is 0 Å². The Bertz CT molecular complexity index is 205. The van der Waals surface area contributed by atoms with Crippen LogP contribution >= 0.6 is 0 Å². The third-order valence-electron chi connectivity index (χ3n) is 1.86. The second kappa shape index (κ2) is 3.64. The summed E-state index contributed by atoms with van der Waals surface area (Å²) in [5, 5.41) is 2.86. The Hall–Kier alpha value is -0.940. The molecule has 5 heteroatoms. The van der Waals surface area contributed by atoms with E-state index in [2.05, 4.69) is 5.32 Å². The molecule has 0 bridgehead atoms. The summed E-state index contributed by atoms with van der Waals surface area (Å²) >= 11 is 0. The van der Waals surface area contributed by atoms with Crippen LogP contribution in [0.25, 0.3) is 0 Å². The van der Waals surface area contributed by atoms with Crippen LogP contribution in [0.5, 0.6) is 0 Å². The third kappa shape index (κ3) is 1.62. The number of nitrogens with zero attached hydrogens (tertiary/aromatic N) is 1. The number of imide groups is 1. The van der Waals surface area contributed by atoms with Gasteiger partial charge in [0.1, 0.15) is 0 Å². The highest BCUT2D eigenvalue weighted by Crippen LogP contribution is 2.09. The summed E-state index contributed by atoms with van der Waals surface area (Å²) in [5.74, 6) is -0.419. The molecular weight excluding hydrogens is 158 g/mol. The Balaban J connectivity index is 2.52. The summed E-state index contributed by atoms with van der Waals surface area (Å²) in [7, 11) is 1.77. The highest BCUT2D eigenvalue weighted by molar-refractivity contribution is 6.05. The molecule has 1 saturated heterocycles. The van der Waals surface area contributed by atoms with Gasteiger partial charge in [-0.25, -0.2) is 0 Å². The van der Waals surface area contributed by atoms with Crippen LogP contribution in [-0.2, 0) is 9.59 Å². The first-order valence-corrected chi connectivity index (χ1v) is 3.91. The van der Waals surface area contributed by atoms with E-state index in [0.29, 0.717) is 13.1 Å². The number of likely N-dealkylation sites (tertiary alicyclic amines) is 1. The maximum absolute atomic E-state index is 11.2. The largest absolute Gasteiger partial charge is 0.319 e. The lowest BCUT2D eigenvalue weighted by atomic mass is 10.3. The zero-order valence-electron chi connectivity index (χ0n) is 7.04. The minimum absolute atomic E-state index is 0.155. The van der Waals surface area contributed by atoms with Crippen molar-refractivity contribution >= 4 is 11.8 Å². The van der Waals surface area contributed by atoms with Gasteiger partial charge in [-0.05, 0) is 7.05 Å². The fourth-order valence-electron chi connectivity index (χ4n) is 1.17. The number of hydrogen-bond acceptors (Lipinski definition) is 4. The number of hydrogen-bond donors (Lipinski definition) is 2. The molecular formula is C7H13N3O2. The second-order valence-corrected chi connectivity index (χ2v) is 2.80. The number of likely N-dealkylation sites (N-methyl/N-ethyl adjacent to an activating group) is 1. The van der Waals surface area contributed by atoms with Crippen molar-refractivity contribution in [1.29, 1.82) is 0 Å². The fourth-order valence-corrected chi connectivity index (χ4v) is 1.17. The van der Waals surface area contributed by atoms with Crippen molar-refractivity contribution in [2.24, 2.45) is 5.73 Å². The first-order valence-electron chi connectivity index (χ1n) is 3.91. The molecule has 2 amide bonds. The van der Waals surface area contributed by atoms with E-state index >= 15 is 0 Å². The Morgan fingerprint density at radius 2 is 2.33 bits per heavy atom. The van der Waals surface area contributed by atoms with Gasteiger partial charge in [0.05, 0.1) is 12.5 Å². The summed E-state index contributed by atoms with van der Waals surface area (Å²) < 4.78 is 0. The molecule has 1 atom stereocenters. The Morgan fingerprint density at radius 1 is 1.67 bits per heavy atom. The van der Waals surface area contributed by atoms with Crippen LogP contribution in [0.4, 0.5) is 0 Å². The number of nitrogens with two attached hydrogens (primary N) is 1. The van der Waals surface area contributed by atoms with Gasteiger partial charge < -0.3 is 11.1 Å². The minimum atomic E-state index is -0.616. The Labute approximate surface area is 70.9 Å². The molecule has 1 fully saturated rings. The van der Waals surface area contributed by atoms with Crippen molar-refractivity contribution in [3.8, 4) is 0 Å². The van der Waals surface area contributed by atoms with E-state index in [4.69, 9.17) is 5.73 Å². The fraction of sp³-hybridized carbons (Fsp3) is 0.714. The van der Waals surface area contributed by atoms with E-state index in [1.807, 2.05) is 0 Å². The minimum Gasteiger partial charge on any atom is -0.319 e. The molecule has 0 spiro atoms. The van der Waals surface area contributed by atoms with Crippen molar-refractivity contribution in [3.63, 3.8) is 0 Å². The quantitative estimate of drug-likeness (QED) is 0.496.